The predicted octanol–water partition coefficient (Wildman–Crippen LogP) is 2.96. The highest BCUT2D eigenvalue weighted by Crippen LogP contribution is 2.24. The Bertz CT molecular complexity index is 437. The molecular weight excluding hydrogens is 242 g/mol. The first-order valence-electron chi connectivity index (χ1n) is 3.86. The molecule has 2 nitrogen and oxygen atoms in total. The van der Waals surface area contributed by atoms with Crippen molar-refractivity contribution in [1.82, 2.24) is 0 Å². The van der Waals surface area contributed by atoms with Crippen molar-refractivity contribution in [3.8, 4) is 11.8 Å². The van der Waals surface area contributed by atoms with Crippen molar-refractivity contribution < 1.29 is 14.3 Å². The number of benzene rings is 1. The van der Waals surface area contributed by atoms with Gasteiger partial charge >= 0.3 is 5.97 Å². The van der Waals surface area contributed by atoms with Gasteiger partial charge in [-0.05, 0) is 12.1 Å². The summed E-state index contributed by atoms with van der Waals surface area (Å²) in [4.78, 5) is 10.2. The number of hydrogen-bond donors (Lipinski definition) is 1. The third-order valence-corrected chi connectivity index (χ3v) is 2.01. The normalized spacial score (nSPS) is 9.27. The van der Waals surface area contributed by atoms with Crippen LogP contribution < -0.4 is 0 Å². The van der Waals surface area contributed by atoms with E-state index in [1.54, 1.807) is 0 Å². The largest absolute Gasteiger partial charge is 0.481 e. The smallest absolute Gasteiger partial charge is 0.315 e. The van der Waals surface area contributed by atoms with Gasteiger partial charge < -0.3 is 5.11 Å². The summed E-state index contributed by atoms with van der Waals surface area (Å²) in [6.45, 7) is 0. The van der Waals surface area contributed by atoms with E-state index in [1.807, 2.05) is 0 Å². The maximum absolute atomic E-state index is 13.0. The van der Waals surface area contributed by atoms with Gasteiger partial charge in [0.15, 0.2) is 5.82 Å². The van der Waals surface area contributed by atoms with Crippen LogP contribution >= 0.6 is 23.2 Å². The second-order valence-electron chi connectivity index (χ2n) is 2.63. The minimum Gasteiger partial charge on any atom is -0.481 e. The van der Waals surface area contributed by atoms with E-state index in [0.717, 1.165) is 0 Å². The molecule has 0 saturated heterocycles. The maximum atomic E-state index is 13.0. The summed E-state index contributed by atoms with van der Waals surface area (Å²) in [6, 6.07) is 2.58. The number of carboxylic acid groups (broad SMARTS) is 1. The van der Waals surface area contributed by atoms with Crippen LogP contribution in [0.5, 0.6) is 0 Å². The van der Waals surface area contributed by atoms with Gasteiger partial charge in [-0.3, -0.25) is 4.79 Å². The second-order valence-corrected chi connectivity index (χ2v) is 3.44. The summed E-state index contributed by atoms with van der Waals surface area (Å²) in [5.74, 6) is 3.17. The first-order chi connectivity index (χ1) is 7.00. The van der Waals surface area contributed by atoms with Crippen LogP contribution in [0.15, 0.2) is 12.1 Å². The summed E-state index contributed by atoms with van der Waals surface area (Å²) >= 11 is 11.0. The Morgan fingerprint density at radius 3 is 2.40 bits per heavy atom. The Kier molecular flexibility index (Phi) is 3.96. The van der Waals surface area contributed by atoms with Crippen LogP contribution in [0.1, 0.15) is 12.0 Å². The molecule has 0 unspecified atom stereocenters. The Balaban J connectivity index is 2.95. The Morgan fingerprint density at radius 1 is 1.40 bits per heavy atom. The third-order valence-electron chi connectivity index (χ3n) is 1.46. The molecule has 0 heterocycles. The van der Waals surface area contributed by atoms with Gasteiger partial charge in [-0.15, -0.1) is 0 Å². The second kappa shape index (κ2) is 5.01. The highest BCUT2D eigenvalue weighted by Gasteiger charge is 2.05. The lowest BCUT2D eigenvalue weighted by atomic mass is 10.2. The fraction of sp³-hybridized carbons (Fsp3) is 0.100. The number of carboxylic acids is 1. The SMILES string of the molecule is O=C(O)CC#Cc1cc(Cl)c(F)c(Cl)c1. The van der Waals surface area contributed by atoms with Gasteiger partial charge in [0.05, 0.1) is 10.0 Å². The minimum atomic E-state index is -1.03. The number of hydrogen-bond acceptors (Lipinski definition) is 1. The lowest BCUT2D eigenvalue weighted by molar-refractivity contribution is -0.135. The van der Waals surface area contributed by atoms with E-state index >= 15 is 0 Å². The van der Waals surface area contributed by atoms with Gasteiger partial charge in [-0.25, -0.2) is 4.39 Å². The zero-order valence-corrected chi connectivity index (χ0v) is 8.86. The molecule has 0 atom stereocenters. The van der Waals surface area contributed by atoms with Crippen LogP contribution in [0, 0.1) is 17.7 Å². The first-order valence-corrected chi connectivity index (χ1v) is 4.61. The van der Waals surface area contributed by atoms with Crippen LogP contribution in [0.2, 0.25) is 10.0 Å². The van der Waals surface area contributed by atoms with E-state index < -0.39 is 11.8 Å². The molecule has 1 rings (SSSR count). The number of aliphatic carboxylic acids is 1. The fourth-order valence-corrected chi connectivity index (χ4v) is 1.34. The van der Waals surface area contributed by atoms with Crippen molar-refractivity contribution in [2.24, 2.45) is 0 Å². The summed E-state index contributed by atoms with van der Waals surface area (Å²) in [5, 5.41) is 8.06. The van der Waals surface area contributed by atoms with E-state index in [2.05, 4.69) is 11.8 Å². The average Bonchev–Trinajstić information content (AvgIpc) is 2.13. The van der Waals surface area contributed by atoms with E-state index in [9.17, 15) is 9.18 Å². The lowest BCUT2D eigenvalue weighted by Crippen LogP contribution is -1.90. The molecule has 0 fully saturated rings. The molecule has 1 N–H and O–H groups in total. The van der Waals surface area contributed by atoms with Crippen LogP contribution in [0.25, 0.3) is 0 Å². The molecular formula is C10H5Cl2FO2. The van der Waals surface area contributed by atoms with Crippen LogP contribution in [0.4, 0.5) is 4.39 Å². The zero-order valence-electron chi connectivity index (χ0n) is 7.35. The van der Waals surface area contributed by atoms with Crippen molar-refractivity contribution in [2.75, 3.05) is 0 Å². The van der Waals surface area contributed by atoms with Gasteiger partial charge in [-0.1, -0.05) is 35.0 Å². The monoisotopic (exact) mass is 246 g/mol. The molecule has 0 aliphatic heterocycles. The summed E-state index contributed by atoms with van der Waals surface area (Å²) in [7, 11) is 0. The van der Waals surface area contributed by atoms with E-state index in [0.29, 0.717) is 5.56 Å². The molecule has 5 heteroatoms. The number of rotatable bonds is 1. The third kappa shape index (κ3) is 3.43. The predicted molar refractivity (Wildman–Crippen MR) is 55.6 cm³/mol. The van der Waals surface area contributed by atoms with Crippen molar-refractivity contribution in [2.45, 2.75) is 6.42 Å². The highest BCUT2D eigenvalue weighted by molar-refractivity contribution is 6.35. The Hall–Kier alpha value is -1.24. The van der Waals surface area contributed by atoms with Gasteiger partial charge in [0, 0.05) is 5.56 Å². The van der Waals surface area contributed by atoms with Crippen LogP contribution in [0.3, 0.4) is 0 Å². The first kappa shape index (κ1) is 11.8. The van der Waals surface area contributed by atoms with Gasteiger partial charge in [0.2, 0.25) is 0 Å². The van der Waals surface area contributed by atoms with Gasteiger partial charge in [0.1, 0.15) is 6.42 Å². The molecule has 78 valence electrons. The molecule has 0 saturated carbocycles. The Morgan fingerprint density at radius 2 is 1.93 bits per heavy atom. The summed E-state index contributed by atoms with van der Waals surface area (Å²) in [6.07, 6.45) is -0.285. The molecule has 0 aliphatic carbocycles. The maximum Gasteiger partial charge on any atom is 0.315 e. The van der Waals surface area contributed by atoms with E-state index in [1.165, 1.54) is 12.1 Å². The van der Waals surface area contributed by atoms with Gasteiger partial charge in [-0.2, -0.15) is 0 Å². The van der Waals surface area contributed by atoms with E-state index in [4.69, 9.17) is 28.3 Å². The zero-order chi connectivity index (χ0) is 11.4. The van der Waals surface area contributed by atoms with Crippen molar-refractivity contribution in [3.05, 3.63) is 33.6 Å². The topological polar surface area (TPSA) is 37.3 Å². The fourth-order valence-electron chi connectivity index (χ4n) is 0.850. The van der Waals surface area contributed by atoms with Crippen LogP contribution in [-0.2, 0) is 4.79 Å². The molecule has 1 aromatic carbocycles. The molecule has 0 bridgehead atoms. The number of halogens is 3. The van der Waals surface area contributed by atoms with Gasteiger partial charge in [0.25, 0.3) is 0 Å². The average molecular weight is 247 g/mol. The molecule has 0 radical (unpaired) electrons. The van der Waals surface area contributed by atoms with Crippen LogP contribution in [-0.4, -0.2) is 11.1 Å². The van der Waals surface area contributed by atoms with Crippen molar-refractivity contribution in [3.63, 3.8) is 0 Å². The lowest BCUT2D eigenvalue weighted by Gasteiger charge is -1.97. The highest BCUT2D eigenvalue weighted by atomic mass is 35.5. The van der Waals surface area contributed by atoms with Crippen molar-refractivity contribution in [1.29, 1.82) is 0 Å². The minimum absolute atomic E-state index is 0.137. The molecule has 0 aliphatic rings. The summed E-state index contributed by atoms with van der Waals surface area (Å²) in [5.41, 5.74) is 0.382. The molecule has 0 spiro atoms. The van der Waals surface area contributed by atoms with E-state index in [-0.39, 0.29) is 16.5 Å². The molecule has 0 amide bonds. The Labute approximate surface area is 95.6 Å². The quantitative estimate of drug-likeness (QED) is 0.611. The molecule has 15 heavy (non-hydrogen) atoms. The van der Waals surface area contributed by atoms with Crippen molar-refractivity contribution >= 4 is 29.2 Å². The number of carbonyl (C=O) groups is 1. The summed E-state index contributed by atoms with van der Waals surface area (Å²) < 4.78 is 13.0. The molecule has 1 aromatic rings. The molecule has 0 aromatic heterocycles. The standard InChI is InChI=1S/C10H5Cl2FO2/c11-7-4-6(2-1-3-9(14)15)5-8(12)10(7)13/h4-5H,3H2,(H,14,15).